The number of ether oxygens (including phenoxy) is 1. The Hall–Kier alpha value is -1.82. The maximum absolute atomic E-state index is 13.8. The van der Waals surface area contributed by atoms with Gasteiger partial charge in [0.2, 0.25) is 8.32 Å². The molecule has 2 aliphatic rings. The first-order valence-electron chi connectivity index (χ1n) is 10.1. The minimum Gasteiger partial charge on any atom is -0.519 e. The molecule has 0 amide bonds. The third-order valence-electron chi connectivity index (χ3n) is 6.48. The maximum Gasteiger partial charge on any atom is 0.307 e. The van der Waals surface area contributed by atoms with Gasteiger partial charge in [-0.25, -0.2) is 0 Å². The molecule has 1 fully saturated rings. The molecular weight excluding hydrogens is 372 g/mol. The van der Waals surface area contributed by atoms with Crippen molar-refractivity contribution in [2.45, 2.75) is 77.4 Å². The van der Waals surface area contributed by atoms with E-state index in [9.17, 15) is 14.7 Å². The summed E-state index contributed by atoms with van der Waals surface area (Å²) in [6.07, 6.45) is 2.89. The van der Waals surface area contributed by atoms with E-state index in [1.807, 2.05) is 46.5 Å². The number of hydrogen-bond donors (Lipinski definition) is 1. The monoisotopic (exact) mass is 404 g/mol. The minimum absolute atomic E-state index is 0.0200. The summed E-state index contributed by atoms with van der Waals surface area (Å²) >= 11 is 0. The van der Waals surface area contributed by atoms with E-state index in [-0.39, 0.29) is 17.5 Å². The molecule has 0 unspecified atom stereocenters. The molecule has 0 saturated heterocycles. The van der Waals surface area contributed by atoms with E-state index in [1.165, 1.54) is 0 Å². The van der Waals surface area contributed by atoms with Gasteiger partial charge in [0.15, 0.2) is 5.78 Å². The lowest BCUT2D eigenvalue weighted by atomic mass is 9.57. The van der Waals surface area contributed by atoms with Crippen molar-refractivity contribution in [1.29, 1.82) is 0 Å². The molecule has 0 aromatic heterocycles. The van der Waals surface area contributed by atoms with Gasteiger partial charge in [-0.1, -0.05) is 33.6 Å². The predicted molar refractivity (Wildman–Crippen MR) is 111 cm³/mol. The van der Waals surface area contributed by atoms with Crippen LogP contribution in [-0.2, 0) is 14.6 Å². The molecule has 1 N–H and O–H groups in total. The molecule has 3 rings (SSSR count). The number of hydrogen-bond acceptors (Lipinski definition) is 5. The zero-order valence-electron chi connectivity index (χ0n) is 18.1. The summed E-state index contributed by atoms with van der Waals surface area (Å²) in [5.41, 5.74) is -0.323. The van der Waals surface area contributed by atoms with Crippen molar-refractivity contribution < 1.29 is 23.9 Å². The van der Waals surface area contributed by atoms with E-state index in [0.717, 1.165) is 18.4 Å². The van der Waals surface area contributed by atoms with Crippen LogP contribution in [0.2, 0.25) is 19.6 Å². The zero-order valence-corrected chi connectivity index (χ0v) is 19.1. The fourth-order valence-electron chi connectivity index (χ4n) is 5.14. The van der Waals surface area contributed by atoms with E-state index >= 15 is 0 Å². The van der Waals surface area contributed by atoms with Crippen LogP contribution in [0.25, 0.3) is 0 Å². The van der Waals surface area contributed by atoms with Crippen molar-refractivity contribution in [3.63, 3.8) is 0 Å². The Bertz CT molecular complexity index is 838. The van der Waals surface area contributed by atoms with Crippen molar-refractivity contribution in [1.82, 2.24) is 0 Å². The molecule has 1 aromatic rings. The fourth-order valence-corrected chi connectivity index (χ4v) is 5.87. The van der Waals surface area contributed by atoms with E-state index in [1.54, 1.807) is 7.11 Å². The molecule has 2 atom stereocenters. The molecule has 6 heteroatoms. The molecule has 154 valence electrons. The Balaban J connectivity index is 2.30. The first-order valence-corrected chi connectivity index (χ1v) is 13.5. The van der Waals surface area contributed by atoms with Crippen molar-refractivity contribution >= 4 is 20.1 Å². The van der Waals surface area contributed by atoms with Gasteiger partial charge in [0, 0.05) is 11.0 Å². The summed E-state index contributed by atoms with van der Waals surface area (Å²) in [4.78, 5) is 27.3. The smallest absolute Gasteiger partial charge is 0.307 e. The molecule has 0 radical (unpaired) electrons. The van der Waals surface area contributed by atoms with Crippen molar-refractivity contribution in [3.05, 3.63) is 22.8 Å². The molecule has 28 heavy (non-hydrogen) atoms. The quantitative estimate of drug-likeness (QED) is 0.570. The highest BCUT2D eigenvalue weighted by atomic mass is 28.4. The second-order valence-electron chi connectivity index (χ2n) is 9.69. The number of carbonyl (C=O) groups excluding carboxylic acids is 2. The van der Waals surface area contributed by atoms with Gasteiger partial charge in [-0.05, 0) is 50.0 Å². The summed E-state index contributed by atoms with van der Waals surface area (Å²) in [6.45, 7) is 11.7. The summed E-state index contributed by atoms with van der Waals surface area (Å²) in [6, 6.07) is 1.87. The van der Waals surface area contributed by atoms with Crippen LogP contribution >= 0.6 is 0 Å². The highest BCUT2D eigenvalue weighted by molar-refractivity contribution is 6.71. The van der Waals surface area contributed by atoms with E-state index in [0.29, 0.717) is 29.7 Å². The van der Waals surface area contributed by atoms with Gasteiger partial charge >= 0.3 is 5.97 Å². The summed E-state index contributed by atoms with van der Waals surface area (Å²) in [5, 5.41) is 11.1. The standard InChI is InChI=1S/C22H32O5Si/c1-13(2)16-15(26-4)12-14-17(18(16)23)19(24)22(20(25)27-28(5,6)7)11-9-8-10-21(14,22)3/h12-13,23H,8-11H2,1-7H3/t21-,22+/m1/s1. The lowest BCUT2D eigenvalue weighted by Gasteiger charge is -2.45. The van der Waals surface area contributed by atoms with Crippen LogP contribution in [0.5, 0.6) is 11.5 Å². The molecule has 0 bridgehead atoms. The molecule has 1 aromatic carbocycles. The van der Waals surface area contributed by atoms with Crippen LogP contribution in [0.15, 0.2) is 6.07 Å². The predicted octanol–water partition coefficient (Wildman–Crippen LogP) is 4.92. The first-order chi connectivity index (χ1) is 12.9. The summed E-state index contributed by atoms with van der Waals surface area (Å²) in [5.74, 6) is -0.187. The lowest BCUT2D eigenvalue weighted by molar-refractivity contribution is -0.149. The minimum atomic E-state index is -2.18. The van der Waals surface area contributed by atoms with Crippen LogP contribution in [0.4, 0.5) is 0 Å². The number of methoxy groups -OCH3 is 1. The topological polar surface area (TPSA) is 72.8 Å². The van der Waals surface area contributed by atoms with E-state index in [4.69, 9.17) is 9.16 Å². The zero-order chi connectivity index (χ0) is 21.1. The number of phenolic OH excluding ortho intramolecular Hbond substituents is 1. The Morgan fingerprint density at radius 1 is 1.21 bits per heavy atom. The number of benzene rings is 1. The summed E-state index contributed by atoms with van der Waals surface area (Å²) in [7, 11) is -0.615. The van der Waals surface area contributed by atoms with Gasteiger partial charge < -0.3 is 14.3 Å². The largest absolute Gasteiger partial charge is 0.519 e. The third kappa shape index (κ3) is 2.71. The third-order valence-corrected chi connectivity index (χ3v) is 7.27. The fraction of sp³-hybridized carbons (Fsp3) is 0.636. The van der Waals surface area contributed by atoms with Crippen molar-refractivity contribution in [3.8, 4) is 11.5 Å². The van der Waals surface area contributed by atoms with Crippen LogP contribution in [0.3, 0.4) is 0 Å². The van der Waals surface area contributed by atoms with Crippen molar-refractivity contribution in [2.24, 2.45) is 5.41 Å². The number of Topliss-reactive ketones (excluding diaryl/α,β-unsaturated/α-hetero) is 1. The lowest BCUT2D eigenvalue weighted by Crippen LogP contribution is -2.54. The van der Waals surface area contributed by atoms with Crippen LogP contribution in [0, 0.1) is 5.41 Å². The maximum atomic E-state index is 13.8. The summed E-state index contributed by atoms with van der Waals surface area (Å²) < 4.78 is 11.5. The number of carbonyl (C=O) groups is 2. The number of rotatable bonds is 4. The second kappa shape index (κ2) is 6.61. The van der Waals surface area contributed by atoms with Gasteiger partial charge in [-0.2, -0.15) is 0 Å². The van der Waals surface area contributed by atoms with Gasteiger partial charge in [-0.15, -0.1) is 0 Å². The number of phenols is 1. The SMILES string of the molecule is COc1cc2c(c(O)c1C(C)C)C(=O)[C@]1(C(=O)O[Si](C)(C)C)CCCC[C@]21C. The van der Waals surface area contributed by atoms with E-state index < -0.39 is 25.1 Å². The van der Waals surface area contributed by atoms with Crippen LogP contribution in [-0.4, -0.2) is 32.3 Å². The molecule has 0 aliphatic heterocycles. The van der Waals surface area contributed by atoms with E-state index in [2.05, 4.69) is 0 Å². The van der Waals surface area contributed by atoms with Gasteiger partial charge in [0.05, 0.1) is 12.7 Å². The Morgan fingerprint density at radius 3 is 2.36 bits per heavy atom. The van der Waals surface area contributed by atoms with Gasteiger partial charge in [-0.3, -0.25) is 9.59 Å². The van der Waals surface area contributed by atoms with Crippen molar-refractivity contribution in [2.75, 3.05) is 7.11 Å². The molecule has 2 aliphatic carbocycles. The Labute approximate surface area is 168 Å². The molecule has 5 nitrogen and oxygen atoms in total. The normalized spacial score (nSPS) is 26.8. The molecule has 0 spiro atoms. The van der Waals surface area contributed by atoms with Crippen LogP contribution in [0.1, 0.15) is 73.9 Å². The highest BCUT2D eigenvalue weighted by Crippen LogP contribution is 2.63. The average molecular weight is 405 g/mol. The highest BCUT2D eigenvalue weighted by Gasteiger charge is 2.67. The Kier molecular flexibility index (Phi) is 4.94. The number of ketones is 1. The van der Waals surface area contributed by atoms with Gasteiger partial charge in [0.25, 0.3) is 0 Å². The molecular formula is C22H32O5Si. The average Bonchev–Trinajstić information content (AvgIpc) is 2.78. The van der Waals surface area contributed by atoms with Crippen LogP contribution < -0.4 is 4.74 Å². The second-order valence-corrected chi connectivity index (χ2v) is 14.1. The Morgan fingerprint density at radius 2 is 1.82 bits per heavy atom. The number of fused-ring (bicyclic) bond motifs is 3. The van der Waals surface area contributed by atoms with Gasteiger partial charge in [0.1, 0.15) is 16.9 Å². The molecule has 1 saturated carbocycles. The first kappa shape index (κ1) is 20.9. The number of aromatic hydroxyl groups is 1. The molecule has 0 heterocycles.